The van der Waals surface area contributed by atoms with Gasteiger partial charge in [0.15, 0.2) is 0 Å². The minimum absolute atomic E-state index is 0.194. The van der Waals surface area contributed by atoms with E-state index in [4.69, 9.17) is 19.3 Å². The molecule has 1 unspecified atom stereocenters. The van der Waals surface area contributed by atoms with Crippen molar-refractivity contribution in [3.8, 4) is 0 Å². The molecule has 0 heterocycles. The lowest BCUT2D eigenvalue weighted by Gasteiger charge is -2.15. The molecule has 0 aliphatic rings. The maximum atomic E-state index is 10.6. The van der Waals surface area contributed by atoms with Crippen LogP contribution in [0.3, 0.4) is 0 Å². The SMILES string of the molecule is CCCCCCC(CCCOCCOC)OC(=O)O. The summed E-state index contributed by atoms with van der Waals surface area (Å²) in [4.78, 5) is 10.6. The molecule has 0 saturated carbocycles. The molecule has 5 nitrogen and oxygen atoms in total. The number of carboxylic acid groups (broad SMARTS) is 1. The third kappa shape index (κ3) is 13.4. The van der Waals surface area contributed by atoms with Crippen LogP contribution in [-0.4, -0.2) is 44.3 Å². The summed E-state index contributed by atoms with van der Waals surface area (Å²) in [6.07, 6.45) is 5.51. The Morgan fingerprint density at radius 2 is 1.79 bits per heavy atom. The van der Waals surface area contributed by atoms with E-state index in [9.17, 15) is 4.79 Å². The van der Waals surface area contributed by atoms with Gasteiger partial charge < -0.3 is 19.3 Å². The van der Waals surface area contributed by atoms with Crippen LogP contribution in [0.15, 0.2) is 0 Å². The van der Waals surface area contributed by atoms with Crippen LogP contribution in [-0.2, 0) is 14.2 Å². The highest BCUT2D eigenvalue weighted by atomic mass is 16.7. The van der Waals surface area contributed by atoms with Crippen LogP contribution in [0.1, 0.15) is 51.9 Å². The zero-order valence-electron chi connectivity index (χ0n) is 12.2. The van der Waals surface area contributed by atoms with E-state index in [1.807, 2.05) is 0 Å². The molecule has 0 radical (unpaired) electrons. The van der Waals surface area contributed by atoms with Gasteiger partial charge in [-0.05, 0) is 25.7 Å². The van der Waals surface area contributed by atoms with Gasteiger partial charge in [-0.1, -0.05) is 26.2 Å². The van der Waals surface area contributed by atoms with Crippen LogP contribution >= 0.6 is 0 Å². The summed E-state index contributed by atoms with van der Waals surface area (Å²) in [7, 11) is 1.64. The van der Waals surface area contributed by atoms with E-state index in [1.54, 1.807) is 7.11 Å². The number of unbranched alkanes of at least 4 members (excludes halogenated alkanes) is 3. The van der Waals surface area contributed by atoms with Gasteiger partial charge in [0.05, 0.1) is 13.2 Å². The van der Waals surface area contributed by atoms with Crippen molar-refractivity contribution in [2.45, 2.75) is 58.0 Å². The number of hydrogen-bond acceptors (Lipinski definition) is 4. The quantitative estimate of drug-likeness (QED) is 0.412. The van der Waals surface area contributed by atoms with Crippen LogP contribution in [0.5, 0.6) is 0 Å². The minimum Gasteiger partial charge on any atom is -0.450 e. The van der Waals surface area contributed by atoms with E-state index in [2.05, 4.69) is 6.92 Å². The van der Waals surface area contributed by atoms with Crippen LogP contribution in [0.4, 0.5) is 4.79 Å². The number of rotatable bonds is 13. The zero-order valence-corrected chi connectivity index (χ0v) is 12.2. The molecule has 0 spiro atoms. The Balaban J connectivity index is 3.64. The Kier molecular flexibility index (Phi) is 13.0. The number of methoxy groups -OCH3 is 1. The normalized spacial score (nSPS) is 12.3. The molecule has 0 rings (SSSR count). The largest absolute Gasteiger partial charge is 0.506 e. The van der Waals surface area contributed by atoms with Gasteiger partial charge >= 0.3 is 6.16 Å². The molecule has 19 heavy (non-hydrogen) atoms. The Morgan fingerprint density at radius 1 is 1.05 bits per heavy atom. The lowest BCUT2D eigenvalue weighted by molar-refractivity contribution is 0.0321. The first-order chi connectivity index (χ1) is 9.20. The molecular formula is C14H28O5. The monoisotopic (exact) mass is 276 g/mol. The van der Waals surface area contributed by atoms with Gasteiger partial charge in [0.25, 0.3) is 0 Å². The van der Waals surface area contributed by atoms with Crippen molar-refractivity contribution in [3.63, 3.8) is 0 Å². The van der Waals surface area contributed by atoms with Gasteiger partial charge in [0.1, 0.15) is 6.10 Å². The molecule has 0 aromatic heterocycles. The van der Waals surface area contributed by atoms with Gasteiger partial charge in [0.2, 0.25) is 0 Å². The molecule has 0 aliphatic carbocycles. The molecule has 0 saturated heterocycles. The topological polar surface area (TPSA) is 65.0 Å². The summed E-state index contributed by atoms with van der Waals surface area (Å²) in [5.74, 6) is 0. The third-order valence-corrected chi connectivity index (χ3v) is 2.89. The molecule has 114 valence electrons. The van der Waals surface area contributed by atoms with Crippen molar-refractivity contribution in [1.82, 2.24) is 0 Å². The molecule has 0 amide bonds. The molecule has 0 aliphatic heterocycles. The maximum absolute atomic E-state index is 10.6. The smallest absolute Gasteiger partial charge is 0.450 e. The molecular weight excluding hydrogens is 248 g/mol. The predicted molar refractivity (Wildman–Crippen MR) is 73.6 cm³/mol. The lowest BCUT2D eigenvalue weighted by atomic mass is 10.1. The van der Waals surface area contributed by atoms with E-state index in [-0.39, 0.29) is 6.10 Å². The molecule has 5 heteroatoms. The second-order valence-electron chi connectivity index (χ2n) is 4.60. The highest BCUT2D eigenvalue weighted by Crippen LogP contribution is 2.13. The van der Waals surface area contributed by atoms with Crippen molar-refractivity contribution in [2.75, 3.05) is 26.9 Å². The average Bonchev–Trinajstić information content (AvgIpc) is 2.37. The summed E-state index contributed by atoms with van der Waals surface area (Å²) < 4.78 is 15.1. The van der Waals surface area contributed by atoms with Crippen LogP contribution < -0.4 is 0 Å². The van der Waals surface area contributed by atoms with Crippen molar-refractivity contribution < 1.29 is 24.1 Å². The van der Waals surface area contributed by atoms with Crippen molar-refractivity contribution >= 4 is 6.16 Å². The van der Waals surface area contributed by atoms with Gasteiger partial charge in [-0.25, -0.2) is 4.79 Å². The fourth-order valence-corrected chi connectivity index (χ4v) is 1.86. The standard InChI is InChI=1S/C14H28O5/c1-3-4-5-6-8-13(19-14(15)16)9-7-10-18-12-11-17-2/h13H,3-12H2,1-2H3,(H,15,16). The molecule has 0 aromatic rings. The number of ether oxygens (including phenoxy) is 3. The molecule has 0 aromatic carbocycles. The number of hydrogen-bond donors (Lipinski definition) is 1. The second-order valence-corrected chi connectivity index (χ2v) is 4.60. The Bertz CT molecular complexity index is 208. The highest BCUT2D eigenvalue weighted by Gasteiger charge is 2.12. The molecule has 1 atom stereocenters. The van der Waals surface area contributed by atoms with Crippen LogP contribution in [0.2, 0.25) is 0 Å². The third-order valence-electron chi connectivity index (χ3n) is 2.89. The zero-order chi connectivity index (χ0) is 14.3. The van der Waals surface area contributed by atoms with E-state index >= 15 is 0 Å². The summed E-state index contributed by atoms with van der Waals surface area (Å²) in [5.41, 5.74) is 0. The summed E-state index contributed by atoms with van der Waals surface area (Å²) in [6, 6.07) is 0. The van der Waals surface area contributed by atoms with E-state index in [0.717, 1.165) is 32.1 Å². The molecule has 1 N–H and O–H groups in total. The summed E-state index contributed by atoms with van der Waals surface area (Å²) in [6.45, 7) is 3.95. The first-order valence-electron chi connectivity index (χ1n) is 7.17. The van der Waals surface area contributed by atoms with Crippen LogP contribution in [0.25, 0.3) is 0 Å². The molecule has 0 bridgehead atoms. The highest BCUT2D eigenvalue weighted by molar-refractivity contribution is 5.57. The average molecular weight is 276 g/mol. The molecule has 0 fully saturated rings. The summed E-state index contributed by atoms with van der Waals surface area (Å²) >= 11 is 0. The fraction of sp³-hybridized carbons (Fsp3) is 0.929. The van der Waals surface area contributed by atoms with Gasteiger partial charge in [-0.2, -0.15) is 0 Å². The van der Waals surface area contributed by atoms with Crippen LogP contribution in [0, 0.1) is 0 Å². The number of carbonyl (C=O) groups is 1. The Labute approximate surface area is 116 Å². The van der Waals surface area contributed by atoms with Crippen molar-refractivity contribution in [1.29, 1.82) is 0 Å². The van der Waals surface area contributed by atoms with Crippen molar-refractivity contribution in [3.05, 3.63) is 0 Å². The maximum Gasteiger partial charge on any atom is 0.506 e. The summed E-state index contributed by atoms with van der Waals surface area (Å²) in [5, 5.41) is 8.69. The Morgan fingerprint density at radius 3 is 2.42 bits per heavy atom. The minimum atomic E-state index is -1.18. The van der Waals surface area contributed by atoms with Gasteiger partial charge in [0, 0.05) is 13.7 Å². The van der Waals surface area contributed by atoms with Crippen molar-refractivity contribution in [2.24, 2.45) is 0 Å². The lowest BCUT2D eigenvalue weighted by Crippen LogP contribution is -2.18. The second kappa shape index (κ2) is 13.6. The predicted octanol–water partition coefficient (Wildman–Crippen LogP) is 3.46. The van der Waals surface area contributed by atoms with Gasteiger partial charge in [-0.3, -0.25) is 0 Å². The van der Waals surface area contributed by atoms with E-state index in [0.29, 0.717) is 19.8 Å². The fourth-order valence-electron chi connectivity index (χ4n) is 1.86. The van der Waals surface area contributed by atoms with E-state index < -0.39 is 6.16 Å². The van der Waals surface area contributed by atoms with E-state index in [1.165, 1.54) is 12.8 Å². The Hall–Kier alpha value is -0.810. The first-order valence-corrected chi connectivity index (χ1v) is 7.17. The van der Waals surface area contributed by atoms with Gasteiger partial charge in [-0.15, -0.1) is 0 Å². The first kappa shape index (κ1) is 18.2.